The first kappa shape index (κ1) is 13.6. The van der Waals surface area contributed by atoms with E-state index in [1.807, 2.05) is 0 Å². The molecule has 2 nitrogen and oxygen atoms in total. The highest BCUT2D eigenvalue weighted by Crippen LogP contribution is 2.47. The highest BCUT2D eigenvalue weighted by atomic mass is 79.9. The molecule has 4 atom stereocenters. The molecule has 3 heteroatoms. The third-order valence-corrected chi connectivity index (χ3v) is 5.72. The molecule has 0 aliphatic carbocycles. The first-order valence-corrected chi connectivity index (χ1v) is 8.08. The molecule has 19 heavy (non-hydrogen) atoms. The molecule has 3 rings (SSSR count). The topological polar surface area (TPSA) is 23.5 Å². The quantitative estimate of drug-likeness (QED) is 0.921. The molecule has 1 aromatic rings. The molecule has 0 aromatic heterocycles. The lowest BCUT2D eigenvalue weighted by Gasteiger charge is -2.43. The van der Waals surface area contributed by atoms with Crippen LogP contribution in [0.15, 0.2) is 28.7 Å². The summed E-state index contributed by atoms with van der Waals surface area (Å²) in [6, 6.07) is 10.2. The molecule has 2 aliphatic rings. The van der Waals surface area contributed by atoms with Crippen LogP contribution < -0.4 is 0 Å². The number of aliphatic hydroxyl groups is 1. The zero-order chi connectivity index (χ0) is 13.4. The predicted molar refractivity (Wildman–Crippen MR) is 81.3 cm³/mol. The molecule has 0 saturated carbocycles. The third kappa shape index (κ3) is 2.48. The van der Waals surface area contributed by atoms with Crippen molar-refractivity contribution in [2.24, 2.45) is 5.92 Å². The summed E-state index contributed by atoms with van der Waals surface area (Å²) in [6.07, 6.45) is 4.82. The molecule has 2 fully saturated rings. The zero-order valence-corrected chi connectivity index (χ0v) is 13.0. The molecule has 2 saturated heterocycles. The van der Waals surface area contributed by atoms with Crippen molar-refractivity contribution in [2.45, 2.75) is 43.7 Å². The number of nitrogens with zero attached hydrogens (tertiary/aromatic N) is 1. The summed E-state index contributed by atoms with van der Waals surface area (Å²) in [5, 5.41) is 9.41. The van der Waals surface area contributed by atoms with Crippen LogP contribution in [0.1, 0.15) is 37.2 Å². The number of hydrogen-bond acceptors (Lipinski definition) is 2. The molecule has 1 N–H and O–H groups in total. The van der Waals surface area contributed by atoms with Crippen LogP contribution in [0.5, 0.6) is 0 Å². The van der Waals surface area contributed by atoms with E-state index in [4.69, 9.17) is 0 Å². The summed E-state index contributed by atoms with van der Waals surface area (Å²) in [7, 11) is 2.27. The third-order valence-electron chi connectivity index (χ3n) is 5.19. The van der Waals surface area contributed by atoms with Crippen LogP contribution in [-0.4, -0.2) is 35.7 Å². The predicted octanol–water partition coefficient (Wildman–Crippen LogP) is 3.40. The van der Waals surface area contributed by atoms with E-state index < -0.39 is 0 Å². The minimum absolute atomic E-state index is 0.312. The van der Waals surface area contributed by atoms with Gasteiger partial charge >= 0.3 is 0 Å². The summed E-state index contributed by atoms with van der Waals surface area (Å²) < 4.78 is 1.14. The van der Waals surface area contributed by atoms with Crippen LogP contribution in [0.4, 0.5) is 0 Å². The van der Waals surface area contributed by atoms with E-state index >= 15 is 0 Å². The lowest BCUT2D eigenvalue weighted by molar-refractivity contribution is 0.0816. The summed E-state index contributed by atoms with van der Waals surface area (Å²) in [5.41, 5.74) is 1.45. The van der Waals surface area contributed by atoms with Gasteiger partial charge in [0, 0.05) is 23.2 Å². The molecule has 0 radical (unpaired) electrons. The minimum atomic E-state index is 0.312. The van der Waals surface area contributed by atoms with Crippen LogP contribution in [0.2, 0.25) is 0 Å². The fourth-order valence-corrected chi connectivity index (χ4v) is 4.48. The Labute approximate surface area is 123 Å². The van der Waals surface area contributed by atoms with Crippen LogP contribution in [-0.2, 0) is 0 Å². The maximum Gasteiger partial charge on any atom is 0.0434 e. The van der Waals surface area contributed by atoms with Gasteiger partial charge in [-0.1, -0.05) is 28.1 Å². The van der Waals surface area contributed by atoms with Gasteiger partial charge in [0.15, 0.2) is 0 Å². The highest BCUT2D eigenvalue weighted by molar-refractivity contribution is 9.10. The number of fused-ring (bicyclic) bond motifs is 2. The Kier molecular flexibility index (Phi) is 3.97. The van der Waals surface area contributed by atoms with E-state index in [0.717, 1.165) is 16.9 Å². The van der Waals surface area contributed by atoms with Gasteiger partial charge in [0.25, 0.3) is 0 Å². The van der Waals surface area contributed by atoms with E-state index in [2.05, 4.69) is 52.1 Å². The van der Waals surface area contributed by atoms with E-state index in [-0.39, 0.29) is 0 Å². The standard InChI is InChI=1S/C16H22BrNO/c1-18-13-6-7-16(18)14(8-9-19)15(10-13)11-2-4-12(17)5-3-11/h2-5,13-16,19H,6-10H2,1H3/t13?,14-,15+,16?/m0/s1. The molecule has 2 aliphatic heterocycles. The van der Waals surface area contributed by atoms with Crippen LogP contribution in [0.3, 0.4) is 0 Å². The van der Waals surface area contributed by atoms with Crippen LogP contribution in [0.25, 0.3) is 0 Å². The van der Waals surface area contributed by atoms with Gasteiger partial charge in [-0.05, 0) is 62.3 Å². The SMILES string of the molecule is CN1C2CCC1[C@@H](CCO)[C@@H](c1ccc(Br)cc1)C2. The number of hydrogen-bond donors (Lipinski definition) is 1. The Balaban J connectivity index is 1.88. The van der Waals surface area contributed by atoms with Crippen molar-refractivity contribution in [3.8, 4) is 0 Å². The Morgan fingerprint density at radius 3 is 2.68 bits per heavy atom. The average Bonchev–Trinajstić information content (AvgIpc) is 2.65. The lowest BCUT2D eigenvalue weighted by atomic mass is 9.75. The second-order valence-corrected chi connectivity index (χ2v) is 6.95. The Morgan fingerprint density at radius 1 is 1.26 bits per heavy atom. The van der Waals surface area contributed by atoms with Crippen molar-refractivity contribution < 1.29 is 5.11 Å². The van der Waals surface area contributed by atoms with Crippen molar-refractivity contribution in [1.29, 1.82) is 0 Å². The second-order valence-electron chi connectivity index (χ2n) is 6.03. The molecular weight excluding hydrogens is 302 g/mol. The molecule has 2 bridgehead atoms. The fourth-order valence-electron chi connectivity index (χ4n) is 4.21. The van der Waals surface area contributed by atoms with E-state index in [1.165, 1.54) is 24.8 Å². The largest absolute Gasteiger partial charge is 0.396 e. The summed E-state index contributed by atoms with van der Waals surface area (Å²) in [6.45, 7) is 0.312. The fraction of sp³-hybridized carbons (Fsp3) is 0.625. The Bertz CT molecular complexity index is 433. The van der Waals surface area contributed by atoms with Crippen LogP contribution >= 0.6 is 15.9 Å². The van der Waals surface area contributed by atoms with Crippen molar-refractivity contribution in [3.63, 3.8) is 0 Å². The van der Waals surface area contributed by atoms with Crippen molar-refractivity contribution in [3.05, 3.63) is 34.3 Å². The monoisotopic (exact) mass is 323 g/mol. The molecular formula is C16H22BrNO. The first-order chi connectivity index (χ1) is 9.20. The second kappa shape index (κ2) is 5.55. The van der Waals surface area contributed by atoms with Gasteiger partial charge < -0.3 is 10.0 Å². The van der Waals surface area contributed by atoms with Crippen molar-refractivity contribution in [1.82, 2.24) is 4.90 Å². The van der Waals surface area contributed by atoms with E-state index in [0.29, 0.717) is 24.5 Å². The van der Waals surface area contributed by atoms with Gasteiger partial charge in [0.1, 0.15) is 0 Å². The van der Waals surface area contributed by atoms with Gasteiger partial charge in [0.05, 0.1) is 0 Å². The van der Waals surface area contributed by atoms with Crippen molar-refractivity contribution >= 4 is 15.9 Å². The normalized spacial score (nSPS) is 34.7. The summed E-state index contributed by atoms with van der Waals surface area (Å²) >= 11 is 3.51. The van der Waals surface area contributed by atoms with Gasteiger partial charge in [-0.3, -0.25) is 0 Å². The summed E-state index contributed by atoms with van der Waals surface area (Å²) in [4.78, 5) is 2.57. The molecule has 0 amide bonds. The average molecular weight is 324 g/mol. The number of piperidine rings is 1. The number of benzene rings is 1. The molecule has 1 aromatic carbocycles. The van der Waals surface area contributed by atoms with E-state index in [1.54, 1.807) is 0 Å². The Hall–Kier alpha value is -0.380. The van der Waals surface area contributed by atoms with Gasteiger partial charge in [-0.2, -0.15) is 0 Å². The number of rotatable bonds is 3. The summed E-state index contributed by atoms with van der Waals surface area (Å²) in [5.74, 6) is 1.23. The molecule has 2 heterocycles. The lowest BCUT2D eigenvalue weighted by Crippen LogP contribution is -2.46. The molecule has 2 unspecified atom stereocenters. The maximum atomic E-state index is 9.41. The van der Waals surface area contributed by atoms with E-state index in [9.17, 15) is 5.11 Å². The molecule has 104 valence electrons. The Morgan fingerprint density at radius 2 is 2.00 bits per heavy atom. The maximum absolute atomic E-state index is 9.41. The van der Waals surface area contributed by atoms with Gasteiger partial charge in [-0.15, -0.1) is 0 Å². The molecule has 0 spiro atoms. The number of halogens is 1. The van der Waals surface area contributed by atoms with Crippen LogP contribution in [0, 0.1) is 5.92 Å². The zero-order valence-electron chi connectivity index (χ0n) is 11.4. The first-order valence-electron chi connectivity index (χ1n) is 7.29. The van der Waals surface area contributed by atoms with Gasteiger partial charge in [-0.25, -0.2) is 0 Å². The smallest absolute Gasteiger partial charge is 0.0434 e. The van der Waals surface area contributed by atoms with Gasteiger partial charge in [0.2, 0.25) is 0 Å². The minimum Gasteiger partial charge on any atom is -0.396 e. The number of aliphatic hydroxyl groups excluding tert-OH is 1. The highest BCUT2D eigenvalue weighted by Gasteiger charge is 2.45. The van der Waals surface area contributed by atoms with Crippen molar-refractivity contribution in [2.75, 3.05) is 13.7 Å².